The summed E-state index contributed by atoms with van der Waals surface area (Å²) in [5.74, 6) is 0.242. The fourth-order valence-electron chi connectivity index (χ4n) is 6.90. The van der Waals surface area contributed by atoms with Crippen LogP contribution < -0.4 is 9.64 Å². The number of anilines is 1. The van der Waals surface area contributed by atoms with Gasteiger partial charge in [0.2, 0.25) is 5.91 Å². The number of fused-ring (bicyclic) bond motifs is 2. The average molecular weight is 715 g/mol. The van der Waals surface area contributed by atoms with Crippen molar-refractivity contribution in [3.05, 3.63) is 136 Å². The van der Waals surface area contributed by atoms with Gasteiger partial charge in [-0.3, -0.25) is 19.0 Å². The molecular formula is C42H39ClN4O5. The van der Waals surface area contributed by atoms with Gasteiger partial charge in [0.15, 0.2) is 0 Å². The molecule has 3 heterocycles. The molecule has 7 rings (SSSR count). The number of aromatic nitrogens is 2. The summed E-state index contributed by atoms with van der Waals surface area (Å²) < 4.78 is 9.24. The topological polar surface area (TPSA) is 97.0 Å². The number of halogens is 1. The Morgan fingerprint density at radius 3 is 2.29 bits per heavy atom. The normalized spacial score (nSPS) is 13.9. The lowest BCUT2D eigenvalue weighted by atomic mass is 9.93. The molecule has 1 aliphatic rings. The maximum Gasteiger partial charge on any atom is 0.259 e. The van der Waals surface area contributed by atoms with Gasteiger partial charge < -0.3 is 24.2 Å². The second-order valence-corrected chi connectivity index (χ2v) is 13.8. The van der Waals surface area contributed by atoms with Gasteiger partial charge in [-0.1, -0.05) is 35.9 Å². The number of ether oxygens (including phenoxy) is 1. The van der Waals surface area contributed by atoms with Crippen LogP contribution in [0.1, 0.15) is 55.7 Å². The second kappa shape index (κ2) is 14.1. The molecule has 2 aromatic heterocycles. The molecule has 0 fully saturated rings. The minimum Gasteiger partial charge on any atom is -0.508 e. The van der Waals surface area contributed by atoms with Crippen molar-refractivity contribution in [1.82, 2.24) is 14.0 Å². The van der Waals surface area contributed by atoms with Crippen molar-refractivity contribution in [2.45, 2.75) is 39.3 Å². The van der Waals surface area contributed by atoms with Crippen molar-refractivity contribution in [1.29, 1.82) is 0 Å². The number of phenolic OH excluding ortho intramolecular Hbond substituents is 1. The smallest absolute Gasteiger partial charge is 0.259 e. The highest BCUT2D eigenvalue weighted by Gasteiger charge is 2.31. The summed E-state index contributed by atoms with van der Waals surface area (Å²) in [6, 6.07) is 27.2. The molecule has 6 aromatic rings. The molecule has 10 heteroatoms. The van der Waals surface area contributed by atoms with Gasteiger partial charge in [0.1, 0.15) is 11.5 Å². The highest BCUT2D eigenvalue weighted by molar-refractivity contribution is 6.30. The molecule has 1 aliphatic heterocycles. The van der Waals surface area contributed by atoms with Crippen LogP contribution in [0.5, 0.6) is 11.5 Å². The Hall–Kier alpha value is -5.80. The third-order valence-electron chi connectivity index (χ3n) is 10.0. The van der Waals surface area contributed by atoms with E-state index in [0.717, 1.165) is 28.5 Å². The summed E-state index contributed by atoms with van der Waals surface area (Å²) in [4.78, 5) is 45.3. The molecule has 52 heavy (non-hydrogen) atoms. The lowest BCUT2D eigenvalue weighted by Gasteiger charge is -2.35. The lowest BCUT2D eigenvalue weighted by Crippen LogP contribution is -2.42. The molecule has 0 bridgehead atoms. The molecule has 0 unspecified atom stereocenters. The number of hydrogen-bond acceptors (Lipinski definition) is 5. The van der Waals surface area contributed by atoms with Crippen LogP contribution in [-0.4, -0.2) is 56.6 Å². The Morgan fingerprint density at radius 2 is 1.58 bits per heavy atom. The van der Waals surface area contributed by atoms with Crippen molar-refractivity contribution in [3.63, 3.8) is 0 Å². The fourth-order valence-corrected chi connectivity index (χ4v) is 7.02. The van der Waals surface area contributed by atoms with Crippen LogP contribution >= 0.6 is 11.6 Å². The molecule has 2 amide bonds. The minimum absolute atomic E-state index is 0.0380. The lowest BCUT2D eigenvalue weighted by molar-refractivity contribution is 0.0658. The van der Waals surface area contributed by atoms with E-state index in [1.165, 1.54) is 10.5 Å². The zero-order valence-corrected chi connectivity index (χ0v) is 30.2. The van der Waals surface area contributed by atoms with E-state index in [1.807, 2.05) is 53.8 Å². The number of nitrogens with zero attached hydrogens (tertiary/aromatic N) is 4. The van der Waals surface area contributed by atoms with Gasteiger partial charge in [-0.2, -0.15) is 0 Å². The highest BCUT2D eigenvalue weighted by atomic mass is 35.5. The van der Waals surface area contributed by atoms with Crippen LogP contribution in [0.15, 0.2) is 103 Å². The highest BCUT2D eigenvalue weighted by Crippen LogP contribution is 2.35. The first-order valence-corrected chi connectivity index (χ1v) is 17.5. The molecule has 0 aliphatic carbocycles. The van der Waals surface area contributed by atoms with Crippen LogP contribution in [0.2, 0.25) is 5.02 Å². The third-order valence-corrected chi connectivity index (χ3v) is 10.3. The Morgan fingerprint density at radius 1 is 0.904 bits per heavy atom. The Labute approximate surface area is 307 Å². The van der Waals surface area contributed by atoms with Crippen LogP contribution in [-0.2, 0) is 20.0 Å². The number of carbonyl (C=O) groups excluding carboxylic acids is 3. The fraction of sp³-hybridized carbons (Fsp3) is 0.214. The first kappa shape index (κ1) is 34.6. The summed E-state index contributed by atoms with van der Waals surface area (Å²) in [5, 5.41) is 11.9. The van der Waals surface area contributed by atoms with Crippen molar-refractivity contribution in [2.75, 3.05) is 18.6 Å². The molecule has 0 spiro atoms. The van der Waals surface area contributed by atoms with E-state index in [1.54, 1.807) is 72.5 Å². The predicted octanol–water partition coefficient (Wildman–Crippen LogP) is 8.29. The first-order chi connectivity index (χ1) is 25.0. The van der Waals surface area contributed by atoms with Crippen LogP contribution in [0, 0.1) is 6.92 Å². The Balaban J connectivity index is 1.26. The molecule has 1 N–H and O–H groups in total. The maximum absolute atomic E-state index is 14.7. The van der Waals surface area contributed by atoms with Gasteiger partial charge in [-0.05, 0) is 98.1 Å². The van der Waals surface area contributed by atoms with E-state index in [2.05, 4.69) is 19.1 Å². The SMILES string of the molecule is Cc1c(C(=O)N(C)c2ccc(O)cc2)cc(-c2cc3cn(C(=O)CCOc4ccc(Cl)cc4)cc3cc2C(=O)N2Cc3ccccc3C[C@H]2C)n1C. The standard InChI is InChI=1S/C42H39ClN4O5/c1-26-19-28-7-5-6-8-29(28)25-47(26)42(51)38-21-31-24-46(40(49)17-18-52-35-15-9-32(43)10-16-35)23-30(31)20-37(38)39-22-36(27(2)44(39)3)41(50)45(4)33-11-13-34(48)14-12-33/h5-16,20-24,26,48H,17-19,25H2,1-4H3/t26-/m1/s1. The van der Waals surface area contributed by atoms with Gasteiger partial charge >= 0.3 is 0 Å². The van der Waals surface area contributed by atoms with Gasteiger partial charge in [0.25, 0.3) is 11.8 Å². The molecule has 4 aromatic carbocycles. The van der Waals surface area contributed by atoms with E-state index < -0.39 is 0 Å². The van der Waals surface area contributed by atoms with Crippen LogP contribution in [0.3, 0.4) is 0 Å². The van der Waals surface area contributed by atoms with E-state index >= 15 is 0 Å². The number of amides is 2. The molecule has 0 saturated carbocycles. The van der Waals surface area contributed by atoms with Crippen LogP contribution in [0.4, 0.5) is 5.69 Å². The summed E-state index contributed by atoms with van der Waals surface area (Å²) in [5.41, 5.74) is 6.06. The predicted molar refractivity (Wildman–Crippen MR) is 204 cm³/mol. The van der Waals surface area contributed by atoms with Crippen molar-refractivity contribution in [3.8, 4) is 22.8 Å². The van der Waals surface area contributed by atoms with Gasteiger partial charge in [0.05, 0.1) is 18.6 Å². The number of rotatable bonds is 8. The monoisotopic (exact) mass is 714 g/mol. The molecule has 264 valence electrons. The molecule has 0 saturated heterocycles. The number of aromatic hydroxyl groups is 1. The van der Waals surface area contributed by atoms with E-state index in [-0.39, 0.29) is 42.5 Å². The number of hydrogen-bond donors (Lipinski definition) is 1. The Kier molecular flexibility index (Phi) is 9.38. The summed E-state index contributed by atoms with van der Waals surface area (Å²) in [6.45, 7) is 4.62. The summed E-state index contributed by atoms with van der Waals surface area (Å²) in [7, 11) is 3.58. The zero-order chi connectivity index (χ0) is 36.7. The molecule has 9 nitrogen and oxygen atoms in total. The van der Waals surface area contributed by atoms with Crippen LogP contribution in [0.25, 0.3) is 22.0 Å². The van der Waals surface area contributed by atoms with E-state index in [9.17, 15) is 19.5 Å². The summed E-state index contributed by atoms with van der Waals surface area (Å²) >= 11 is 5.98. The largest absolute Gasteiger partial charge is 0.508 e. The Bertz CT molecular complexity index is 2320. The minimum atomic E-state index is -0.224. The number of benzene rings is 4. The molecular weight excluding hydrogens is 676 g/mol. The van der Waals surface area contributed by atoms with Gasteiger partial charge in [-0.25, -0.2) is 0 Å². The zero-order valence-electron chi connectivity index (χ0n) is 29.5. The van der Waals surface area contributed by atoms with Gasteiger partial charge in [0, 0.05) is 83.1 Å². The molecule has 0 radical (unpaired) electrons. The van der Waals surface area contributed by atoms with Crippen molar-refractivity contribution >= 4 is 45.8 Å². The molecule has 1 atom stereocenters. The van der Waals surface area contributed by atoms with Gasteiger partial charge in [-0.15, -0.1) is 0 Å². The van der Waals surface area contributed by atoms with E-state index in [4.69, 9.17) is 16.3 Å². The van der Waals surface area contributed by atoms with Crippen molar-refractivity contribution < 1.29 is 24.2 Å². The third kappa shape index (κ3) is 6.67. The second-order valence-electron chi connectivity index (χ2n) is 13.4. The average Bonchev–Trinajstić information content (AvgIpc) is 3.70. The first-order valence-electron chi connectivity index (χ1n) is 17.2. The number of carbonyl (C=O) groups is 3. The number of phenols is 1. The quantitative estimate of drug-likeness (QED) is 0.171. The summed E-state index contributed by atoms with van der Waals surface area (Å²) in [6.07, 6.45) is 4.42. The maximum atomic E-state index is 14.7. The van der Waals surface area contributed by atoms with E-state index in [0.29, 0.717) is 45.4 Å². The van der Waals surface area contributed by atoms with Crippen molar-refractivity contribution in [2.24, 2.45) is 7.05 Å².